The number of nitrogens with zero attached hydrogens (tertiary/aromatic N) is 1. The predicted molar refractivity (Wildman–Crippen MR) is 119 cm³/mol. The fraction of sp³-hybridized carbons (Fsp3) is 0.375. The molecule has 2 aromatic carbocycles. The van der Waals surface area contributed by atoms with Crippen LogP contribution in [0, 0.1) is 22.0 Å². The van der Waals surface area contributed by atoms with Crippen LogP contribution < -0.4 is 5.32 Å². The van der Waals surface area contributed by atoms with Gasteiger partial charge in [0.15, 0.2) is 5.54 Å². The average molecular weight is 470 g/mol. The number of carbonyl (C=O) groups excluding carboxylic acids is 3. The summed E-state index contributed by atoms with van der Waals surface area (Å²) in [6, 6.07) is 13.1. The Morgan fingerprint density at radius 2 is 1.56 bits per heavy atom. The molecule has 10 heteroatoms. The SMILES string of the molecule is CCOC(=O)[C@H]1[C@@H](c2ccc([N+](=O)[O-])cc2)N[C@](C(=O)OC)(c2ccccc2)[C@H]1C(=O)OCC. The summed E-state index contributed by atoms with van der Waals surface area (Å²) in [4.78, 5) is 50.5. The Morgan fingerprint density at radius 1 is 0.971 bits per heavy atom. The Morgan fingerprint density at radius 3 is 2.09 bits per heavy atom. The van der Waals surface area contributed by atoms with Crippen LogP contribution in [-0.4, -0.2) is 43.2 Å². The largest absolute Gasteiger partial charge is 0.467 e. The van der Waals surface area contributed by atoms with E-state index in [2.05, 4.69) is 5.32 Å². The summed E-state index contributed by atoms with van der Waals surface area (Å²) in [6.07, 6.45) is 0. The summed E-state index contributed by atoms with van der Waals surface area (Å²) in [7, 11) is 1.19. The standard InChI is InChI=1S/C24H26N2O8/c1-4-33-21(27)18-19(22(28)34-5-2)24(23(29)32-3,16-9-7-6-8-10-16)25-20(18)15-11-13-17(14-12-15)26(30)31/h6-14,18-20,25H,4-5H2,1-3H3/t18-,19-,20-,24-/m1/s1. The van der Waals surface area contributed by atoms with Gasteiger partial charge in [0.1, 0.15) is 5.92 Å². The van der Waals surface area contributed by atoms with Crippen molar-refractivity contribution >= 4 is 23.6 Å². The van der Waals surface area contributed by atoms with Crippen molar-refractivity contribution < 1.29 is 33.5 Å². The molecule has 10 nitrogen and oxygen atoms in total. The van der Waals surface area contributed by atoms with E-state index in [1.54, 1.807) is 44.2 Å². The molecular formula is C24H26N2O8. The number of hydrogen-bond acceptors (Lipinski definition) is 9. The molecule has 0 aliphatic carbocycles. The molecule has 1 N–H and O–H groups in total. The molecule has 0 saturated carbocycles. The number of non-ortho nitro benzene ring substituents is 1. The van der Waals surface area contributed by atoms with Gasteiger partial charge < -0.3 is 14.2 Å². The average Bonchev–Trinajstić information content (AvgIpc) is 3.22. The fourth-order valence-corrected chi connectivity index (χ4v) is 4.48. The van der Waals surface area contributed by atoms with Crippen LogP contribution in [0.25, 0.3) is 0 Å². The molecule has 0 spiro atoms. The second-order valence-electron chi connectivity index (χ2n) is 7.64. The van der Waals surface area contributed by atoms with E-state index in [4.69, 9.17) is 14.2 Å². The van der Waals surface area contributed by atoms with Gasteiger partial charge in [-0.25, -0.2) is 4.79 Å². The molecule has 180 valence electrons. The molecule has 1 aliphatic rings. The molecule has 0 aromatic heterocycles. The maximum absolute atomic E-state index is 13.4. The van der Waals surface area contributed by atoms with E-state index < -0.39 is 46.2 Å². The summed E-state index contributed by atoms with van der Waals surface area (Å²) in [5.74, 6) is -4.78. The maximum Gasteiger partial charge on any atom is 0.331 e. The van der Waals surface area contributed by atoms with Gasteiger partial charge in [-0.15, -0.1) is 0 Å². The minimum absolute atomic E-state index is 0.0269. The van der Waals surface area contributed by atoms with Crippen LogP contribution in [-0.2, 0) is 34.1 Å². The Labute approximate surface area is 196 Å². The topological polar surface area (TPSA) is 134 Å². The third-order valence-electron chi connectivity index (χ3n) is 5.87. The van der Waals surface area contributed by atoms with E-state index in [0.717, 1.165) is 0 Å². The highest BCUT2D eigenvalue weighted by Gasteiger charge is 2.65. The van der Waals surface area contributed by atoms with Crippen molar-refractivity contribution in [3.05, 3.63) is 75.8 Å². The van der Waals surface area contributed by atoms with Crippen LogP contribution in [0.15, 0.2) is 54.6 Å². The summed E-state index contributed by atoms with van der Waals surface area (Å²) in [6.45, 7) is 3.33. The number of hydrogen-bond donors (Lipinski definition) is 1. The van der Waals surface area contributed by atoms with E-state index in [-0.39, 0.29) is 18.9 Å². The monoisotopic (exact) mass is 470 g/mol. The van der Waals surface area contributed by atoms with Crippen molar-refractivity contribution in [3.8, 4) is 0 Å². The van der Waals surface area contributed by atoms with E-state index in [1.807, 2.05) is 0 Å². The summed E-state index contributed by atoms with van der Waals surface area (Å²) in [5, 5.41) is 14.3. The van der Waals surface area contributed by atoms with Gasteiger partial charge in [-0.1, -0.05) is 42.5 Å². The molecule has 1 aliphatic heterocycles. The van der Waals surface area contributed by atoms with Crippen LogP contribution >= 0.6 is 0 Å². The molecular weight excluding hydrogens is 444 g/mol. The van der Waals surface area contributed by atoms with Crippen molar-refractivity contribution in [2.45, 2.75) is 25.4 Å². The zero-order chi connectivity index (χ0) is 24.9. The number of ether oxygens (including phenoxy) is 3. The minimum atomic E-state index is -1.77. The molecule has 34 heavy (non-hydrogen) atoms. The van der Waals surface area contributed by atoms with Gasteiger partial charge in [-0.3, -0.25) is 25.0 Å². The zero-order valence-electron chi connectivity index (χ0n) is 19.1. The summed E-state index contributed by atoms with van der Waals surface area (Å²) in [5.41, 5.74) is -1.05. The summed E-state index contributed by atoms with van der Waals surface area (Å²) >= 11 is 0. The van der Waals surface area contributed by atoms with Gasteiger partial charge in [0.25, 0.3) is 5.69 Å². The number of nitro benzene ring substituents is 1. The summed E-state index contributed by atoms with van der Waals surface area (Å²) < 4.78 is 15.7. The lowest BCUT2D eigenvalue weighted by molar-refractivity contribution is -0.384. The molecule has 4 atom stereocenters. The molecule has 2 aromatic rings. The van der Waals surface area contributed by atoms with Crippen LogP contribution in [0.5, 0.6) is 0 Å². The van der Waals surface area contributed by atoms with Crippen LogP contribution in [0.4, 0.5) is 5.69 Å². The van der Waals surface area contributed by atoms with Crippen LogP contribution in [0.1, 0.15) is 31.0 Å². The number of methoxy groups -OCH3 is 1. The quantitative estimate of drug-likeness (QED) is 0.267. The first-order valence-corrected chi connectivity index (χ1v) is 10.8. The van der Waals surface area contributed by atoms with Gasteiger partial charge in [-0.2, -0.15) is 0 Å². The number of carbonyl (C=O) groups is 3. The lowest BCUT2D eigenvalue weighted by Crippen LogP contribution is -2.53. The fourth-order valence-electron chi connectivity index (χ4n) is 4.48. The molecule has 0 unspecified atom stereocenters. The molecule has 0 radical (unpaired) electrons. The van der Waals surface area contributed by atoms with Crippen molar-refractivity contribution in [3.63, 3.8) is 0 Å². The van der Waals surface area contributed by atoms with Crippen molar-refractivity contribution in [1.82, 2.24) is 5.32 Å². The molecule has 0 amide bonds. The molecule has 1 heterocycles. The van der Waals surface area contributed by atoms with E-state index >= 15 is 0 Å². The second kappa shape index (κ2) is 10.4. The lowest BCUT2D eigenvalue weighted by atomic mass is 9.74. The molecule has 1 fully saturated rings. The number of rotatable bonds is 8. The van der Waals surface area contributed by atoms with E-state index in [0.29, 0.717) is 11.1 Å². The van der Waals surface area contributed by atoms with Crippen LogP contribution in [0.3, 0.4) is 0 Å². The Kier molecular flexibility index (Phi) is 7.62. The third-order valence-corrected chi connectivity index (χ3v) is 5.87. The highest BCUT2D eigenvalue weighted by molar-refractivity contribution is 5.95. The number of esters is 3. The smallest absolute Gasteiger partial charge is 0.331 e. The first-order valence-electron chi connectivity index (χ1n) is 10.8. The number of benzene rings is 2. The number of nitro groups is 1. The third kappa shape index (κ3) is 4.36. The maximum atomic E-state index is 13.4. The first-order chi connectivity index (χ1) is 16.3. The van der Waals surface area contributed by atoms with Crippen LogP contribution in [0.2, 0.25) is 0 Å². The van der Waals surface area contributed by atoms with Gasteiger partial charge in [0.05, 0.1) is 31.2 Å². The highest BCUT2D eigenvalue weighted by Crippen LogP contribution is 2.50. The lowest BCUT2D eigenvalue weighted by Gasteiger charge is -2.33. The Hall–Kier alpha value is -3.79. The van der Waals surface area contributed by atoms with E-state index in [1.165, 1.54) is 31.4 Å². The van der Waals surface area contributed by atoms with Crippen molar-refractivity contribution in [2.24, 2.45) is 11.8 Å². The molecule has 0 bridgehead atoms. The first kappa shape index (κ1) is 24.8. The Bertz CT molecular complexity index is 1060. The Balaban J connectivity index is 2.27. The highest BCUT2D eigenvalue weighted by atomic mass is 16.6. The van der Waals surface area contributed by atoms with Crippen molar-refractivity contribution in [1.29, 1.82) is 0 Å². The van der Waals surface area contributed by atoms with Gasteiger partial charge in [0, 0.05) is 18.2 Å². The predicted octanol–water partition coefficient (Wildman–Crippen LogP) is 2.67. The molecule has 1 saturated heterocycles. The minimum Gasteiger partial charge on any atom is -0.467 e. The second-order valence-corrected chi connectivity index (χ2v) is 7.64. The molecule has 3 rings (SSSR count). The zero-order valence-corrected chi connectivity index (χ0v) is 19.1. The van der Waals surface area contributed by atoms with Gasteiger partial charge >= 0.3 is 17.9 Å². The van der Waals surface area contributed by atoms with Gasteiger partial charge in [-0.05, 0) is 25.0 Å². The van der Waals surface area contributed by atoms with E-state index in [9.17, 15) is 24.5 Å². The van der Waals surface area contributed by atoms with Crippen molar-refractivity contribution in [2.75, 3.05) is 20.3 Å². The normalized spacial score (nSPS) is 23.7. The number of nitrogens with one attached hydrogen (secondary N) is 1. The van der Waals surface area contributed by atoms with Gasteiger partial charge in [0.2, 0.25) is 0 Å².